The number of esters is 1. The Balaban J connectivity index is 1.78. The lowest BCUT2D eigenvalue weighted by Gasteiger charge is -2.19. The fourth-order valence-electron chi connectivity index (χ4n) is 3.06. The van der Waals surface area contributed by atoms with Gasteiger partial charge in [-0.3, -0.25) is 14.9 Å². The van der Waals surface area contributed by atoms with Crippen LogP contribution in [0, 0.1) is 10.1 Å². The molecule has 3 rings (SSSR count). The lowest BCUT2D eigenvalue weighted by molar-refractivity contribution is -0.895. The van der Waals surface area contributed by atoms with E-state index in [2.05, 4.69) is 12.4 Å². The number of benzene rings is 1. The smallest absolute Gasteiger partial charge is 0.341 e. The normalized spacial score (nSPS) is 15.9. The first-order valence-electron chi connectivity index (χ1n) is 8.66. The number of non-ortho nitro benzene ring substituents is 1. The van der Waals surface area contributed by atoms with Crippen molar-refractivity contribution in [3.63, 3.8) is 0 Å². The number of fused-ring (bicyclic) bond motifs is 1. The number of quaternary nitrogens is 1. The second-order valence-corrected chi connectivity index (χ2v) is 7.61. The zero-order valence-electron chi connectivity index (χ0n) is 15.5. The van der Waals surface area contributed by atoms with Gasteiger partial charge in [0.25, 0.3) is 5.69 Å². The number of thiophene rings is 1. The molecule has 146 valence electrons. The predicted octanol–water partition coefficient (Wildman–Crippen LogP) is 1.67. The highest BCUT2D eigenvalue weighted by Gasteiger charge is 2.29. The van der Waals surface area contributed by atoms with Gasteiger partial charge in [0.2, 0.25) is 5.91 Å². The van der Waals surface area contributed by atoms with Gasteiger partial charge < -0.3 is 15.0 Å². The molecule has 1 aliphatic heterocycles. The molecule has 1 atom stereocenters. The number of ether oxygens (including phenoxy) is 1. The second-order valence-electron chi connectivity index (χ2n) is 6.50. The molecule has 0 fully saturated rings. The van der Waals surface area contributed by atoms with Gasteiger partial charge in [0.1, 0.15) is 11.5 Å². The number of likely N-dealkylation sites (N-methyl/N-ethyl adjacent to an activating group) is 1. The Morgan fingerprint density at radius 3 is 2.68 bits per heavy atom. The first kappa shape index (κ1) is 19.7. The third-order valence-electron chi connectivity index (χ3n) is 4.51. The van der Waals surface area contributed by atoms with E-state index in [1.807, 2.05) is 0 Å². The van der Waals surface area contributed by atoms with Crippen LogP contribution in [0.2, 0.25) is 0 Å². The lowest BCUT2D eigenvalue weighted by Crippen LogP contribution is -3.08. The van der Waals surface area contributed by atoms with Crippen LogP contribution in [-0.2, 0) is 22.5 Å². The van der Waals surface area contributed by atoms with Crippen LogP contribution in [0.15, 0.2) is 30.3 Å². The quantitative estimate of drug-likeness (QED) is 0.343. The van der Waals surface area contributed by atoms with Crippen molar-refractivity contribution in [2.45, 2.75) is 13.0 Å². The first-order valence-corrected chi connectivity index (χ1v) is 9.48. The van der Waals surface area contributed by atoms with Gasteiger partial charge in [-0.2, -0.15) is 0 Å². The molecule has 8 nitrogen and oxygen atoms in total. The van der Waals surface area contributed by atoms with E-state index >= 15 is 0 Å². The number of nitrogens with one attached hydrogen (secondary N) is 2. The predicted molar refractivity (Wildman–Crippen MR) is 106 cm³/mol. The Bertz CT molecular complexity index is 949. The maximum atomic E-state index is 12.3. The molecule has 2 aromatic rings. The summed E-state index contributed by atoms with van der Waals surface area (Å²) in [7, 11) is 3.42. The van der Waals surface area contributed by atoms with E-state index in [-0.39, 0.29) is 11.6 Å². The van der Waals surface area contributed by atoms with E-state index in [0.717, 1.165) is 30.0 Å². The standard InChI is InChI=1S/C19H19N3O5S/c1-21-10-9-14-15(11-21)28-18(17(14)19(24)27-2)20-16(23)8-5-12-3-6-13(7-4-12)22(25)26/h3-8H,9-11H2,1-2H3,(H,20,23)/p+1. The lowest BCUT2D eigenvalue weighted by atomic mass is 10.0. The first-order chi connectivity index (χ1) is 13.4. The number of nitrogens with zero attached hydrogens (tertiary/aromatic N) is 1. The molecule has 28 heavy (non-hydrogen) atoms. The largest absolute Gasteiger partial charge is 0.465 e. The van der Waals surface area contributed by atoms with Gasteiger partial charge in [0.15, 0.2) is 0 Å². The van der Waals surface area contributed by atoms with Gasteiger partial charge in [-0.25, -0.2) is 4.79 Å². The highest BCUT2D eigenvalue weighted by atomic mass is 32.1. The Hall–Kier alpha value is -3.04. The van der Waals surface area contributed by atoms with E-state index in [0.29, 0.717) is 16.1 Å². The Morgan fingerprint density at radius 2 is 2.04 bits per heavy atom. The van der Waals surface area contributed by atoms with Crippen molar-refractivity contribution in [1.29, 1.82) is 0 Å². The van der Waals surface area contributed by atoms with Gasteiger partial charge in [-0.15, -0.1) is 11.3 Å². The summed E-state index contributed by atoms with van der Waals surface area (Å²) in [6.07, 6.45) is 3.65. The molecule has 0 saturated carbocycles. The van der Waals surface area contributed by atoms with Crippen molar-refractivity contribution in [2.75, 3.05) is 26.0 Å². The third-order valence-corrected chi connectivity index (χ3v) is 5.66. The van der Waals surface area contributed by atoms with Crippen LogP contribution in [0.4, 0.5) is 10.7 Å². The van der Waals surface area contributed by atoms with Crippen molar-refractivity contribution in [3.8, 4) is 0 Å². The maximum absolute atomic E-state index is 12.3. The SMILES string of the molecule is COC(=O)c1c(NC(=O)C=Cc2ccc([N+](=O)[O-])cc2)sc2c1CC[NH+](C)C2. The topological polar surface area (TPSA) is 103 Å². The van der Waals surface area contributed by atoms with Gasteiger partial charge in [-0.05, 0) is 29.3 Å². The van der Waals surface area contributed by atoms with Crippen LogP contribution in [0.3, 0.4) is 0 Å². The monoisotopic (exact) mass is 402 g/mol. The fraction of sp³-hybridized carbons (Fsp3) is 0.263. The molecule has 0 aliphatic carbocycles. The van der Waals surface area contributed by atoms with Gasteiger partial charge in [-0.1, -0.05) is 0 Å². The molecule has 0 bridgehead atoms. The number of nitro benzene ring substituents is 1. The molecule has 0 spiro atoms. The summed E-state index contributed by atoms with van der Waals surface area (Å²) >= 11 is 1.40. The minimum absolute atomic E-state index is 0.0133. The zero-order chi connectivity index (χ0) is 20.3. The zero-order valence-corrected chi connectivity index (χ0v) is 16.3. The number of rotatable bonds is 5. The number of carbonyl (C=O) groups excluding carboxylic acids is 2. The van der Waals surface area contributed by atoms with E-state index in [1.54, 1.807) is 18.2 Å². The number of hydrogen-bond donors (Lipinski definition) is 2. The van der Waals surface area contributed by atoms with Crippen LogP contribution < -0.4 is 10.2 Å². The summed E-state index contributed by atoms with van der Waals surface area (Å²) in [5.41, 5.74) is 2.04. The molecular weight excluding hydrogens is 382 g/mol. The average Bonchev–Trinajstić information content (AvgIpc) is 3.02. The number of amides is 1. The van der Waals surface area contributed by atoms with Crippen LogP contribution in [-0.4, -0.2) is 37.5 Å². The van der Waals surface area contributed by atoms with Gasteiger partial charge in [0, 0.05) is 24.6 Å². The molecule has 1 aromatic heterocycles. The van der Waals surface area contributed by atoms with Crippen molar-refractivity contribution in [1.82, 2.24) is 0 Å². The van der Waals surface area contributed by atoms with Gasteiger partial charge in [0.05, 0.1) is 36.1 Å². The van der Waals surface area contributed by atoms with E-state index in [9.17, 15) is 19.7 Å². The minimum atomic E-state index is -0.480. The van der Waals surface area contributed by atoms with Crippen LogP contribution in [0.5, 0.6) is 0 Å². The molecule has 1 aliphatic rings. The third kappa shape index (κ3) is 4.26. The molecule has 2 heterocycles. The highest BCUT2D eigenvalue weighted by Crippen LogP contribution is 2.35. The summed E-state index contributed by atoms with van der Waals surface area (Å²) in [5, 5.41) is 13.9. The van der Waals surface area contributed by atoms with Crippen molar-refractivity contribution in [2.24, 2.45) is 0 Å². The molecule has 9 heteroatoms. The van der Waals surface area contributed by atoms with Crippen molar-refractivity contribution in [3.05, 3.63) is 62.0 Å². The van der Waals surface area contributed by atoms with E-state index in [1.165, 1.54) is 41.6 Å². The fourth-order valence-corrected chi connectivity index (χ4v) is 4.41. The van der Waals surface area contributed by atoms with Crippen molar-refractivity contribution >= 4 is 40.0 Å². The minimum Gasteiger partial charge on any atom is -0.465 e. The van der Waals surface area contributed by atoms with Crippen LogP contribution >= 0.6 is 11.3 Å². The second kappa shape index (κ2) is 8.32. The summed E-state index contributed by atoms with van der Waals surface area (Å²) < 4.78 is 4.91. The molecule has 0 radical (unpaired) electrons. The number of methoxy groups -OCH3 is 1. The summed E-state index contributed by atoms with van der Waals surface area (Å²) in [4.78, 5) is 37.2. The summed E-state index contributed by atoms with van der Waals surface area (Å²) in [5.74, 6) is -0.838. The Morgan fingerprint density at radius 1 is 1.32 bits per heavy atom. The number of anilines is 1. The summed E-state index contributed by atoms with van der Waals surface area (Å²) in [6, 6.07) is 5.87. The van der Waals surface area contributed by atoms with E-state index in [4.69, 9.17) is 4.74 Å². The van der Waals surface area contributed by atoms with Gasteiger partial charge >= 0.3 is 5.97 Å². The van der Waals surface area contributed by atoms with Crippen LogP contribution in [0.1, 0.15) is 26.4 Å². The molecule has 1 unspecified atom stereocenters. The Kier molecular flexibility index (Phi) is 5.86. The highest BCUT2D eigenvalue weighted by molar-refractivity contribution is 7.17. The molecule has 0 saturated heterocycles. The Labute approximate surface area is 165 Å². The number of nitro groups is 1. The maximum Gasteiger partial charge on any atom is 0.341 e. The molecular formula is C19H20N3O5S+. The van der Waals surface area contributed by atoms with Crippen molar-refractivity contribution < 1.29 is 24.1 Å². The molecule has 1 amide bonds. The number of hydrogen-bond acceptors (Lipinski definition) is 6. The van der Waals surface area contributed by atoms with Crippen LogP contribution in [0.25, 0.3) is 6.08 Å². The van der Waals surface area contributed by atoms with E-state index < -0.39 is 10.9 Å². The average molecular weight is 402 g/mol. The molecule has 1 aromatic carbocycles. The summed E-state index contributed by atoms with van der Waals surface area (Å²) in [6.45, 7) is 1.72. The number of carbonyl (C=O) groups is 2. The molecule has 2 N–H and O–H groups in total.